The van der Waals surface area contributed by atoms with Crippen LogP contribution in [-0.4, -0.2) is 53.9 Å². The SMILES string of the molecule is COc1ccc([N+](=O)[O-])cc1CN1CCN(C(=O)c2cccs2)CC1. The molecule has 0 bridgehead atoms. The number of rotatable bonds is 5. The normalized spacial score (nSPS) is 15.2. The lowest BCUT2D eigenvalue weighted by atomic mass is 10.1. The molecule has 7 nitrogen and oxygen atoms in total. The van der Waals surface area contributed by atoms with Crippen LogP contribution < -0.4 is 4.74 Å². The topological polar surface area (TPSA) is 75.9 Å². The van der Waals surface area contributed by atoms with Gasteiger partial charge in [0.2, 0.25) is 0 Å². The Balaban J connectivity index is 1.63. The van der Waals surface area contributed by atoms with Gasteiger partial charge in [0.25, 0.3) is 11.6 Å². The predicted molar refractivity (Wildman–Crippen MR) is 95.1 cm³/mol. The average Bonchev–Trinajstić information content (AvgIpc) is 3.16. The monoisotopic (exact) mass is 361 g/mol. The summed E-state index contributed by atoms with van der Waals surface area (Å²) in [5.41, 5.74) is 0.844. The van der Waals surface area contributed by atoms with Crippen LogP contribution in [0.15, 0.2) is 35.7 Å². The number of carbonyl (C=O) groups excluding carboxylic acids is 1. The molecule has 132 valence electrons. The minimum Gasteiger partial charge on any atom is -0.496 e. The fraction of sp³-hybridized carbons (Fsp3) is 0.353. The molecule has 0 saturated carbocycles. The Hall–Kier alpha value is -2.45. The molecule has 3 rings (SSSR count). The number of nitro groups is 1. The number of methoxy groups -OCH3 is 1. The quantitative estimate of drug-likeness (QED) is 0.604. The average molecular weight is 361 g/mol. The summed E-state index contributed by atoms with van der Waals surface area (Å²) in [4.78, 5) is 27.7. The summed E-state index contributed by atoms with van der Waals surface area (Å²) in [5.74, 6) is 0.713. The van der Waals surface area contributed by atoms with E-state index in [9.17, 15) is 14.9 Å². The van der Waals surface area contributed by atoms with E-state index in [1.165, 1.54) is 17.4 Å². The first kappa shape index (κ1) is 17.4. The van der Waals surface area contributed by atoms with Gasteiger partial charge >= 0.3 is 0 Å². The zero-order valence-corrected chi connectivity index (χ0v) is 14.7. The first-order valence-electron chi connectivity index (χ1n) is 7.95. The van der Waals surface area contributed by atoms with Crippen LogP contribution in [0.5, 0.6) is 5.75 Å². The van der Waals surface area contributed by atoms with E-state index in [1.54, 1.807) is 19.2 Å². The van der Waals surface area contributed by atoms with E-state index < -0.39 is 4.92 Å². The molecule has 0 atom stereocenters. The summed E-state index contributed by atoms with van der Waals surface area (Å²) in [6, 6.07) is 8.35. The zero-order chi connectivity index (χ0) is 17.8. The molecule has 0 N–H and O–H groups in total. The Morgan fingerprint density at radius 1 is 1.28 bits per heavy atom. The van der Waals surface area contributed by atoms with Gasteiger partial charge in [0.15, 0.2) is 0 Å². The van der Waals surface area contributed by atoms with Crippen LogP contribution in [0.4, 0.5) is 5.69 Å². The van der Waals surface area contributed by atoms with E-state index in [0.717, 1.165) is 23.5 Å². The zero-order valence-electron chi connectivity index (χ0n) is 13.9. The lowest BCUT2D eigenvalue weighted by molar-refractivity contribution is -0.385. The number of nitrogens with zero attached hydrogens (tertiary/aromatic N) is 3. The van der Waals surface area contributed by atoms with Crippen LogP contribution in [0.1, 0.15) is 15.2 Å². The van der Waals surface area contributed by atoms with E-state index in [0.29, 0.717) is 25.4 Å². The van der Waals surface area contributed by atoms with Gasteiger partial charge in [-0.15, -0.1) is 11.3 Å². The van der Waals surface area contributed by atoms with Crippen molar-refractivity contribution in [2.45, 2.75) is 6.54 Å². The van der Waals surface area contributed by atoms with Gasteiger partial charge in [-0.25, -0.2) is 0 Å². The maximum absolute atomic E-state index is 12.4. The van der Waals surface area contributed by atoms with E-state index in [1.807, 2.05) is 22.4 Å². The minimum absolute atomic E-state index is 0.0577. The predicted octanol–water partition coefficient (Wildman–Crippen LogP) is 2.62. The second-order valence-corrected chi connectivity index (χ2v) is 6.75. The third-order valence-electron chi connectivity index (χ3n) is 4.26. The van der Waals surface area contributed by atoms with Crippen molar-refractivity contribution in [1.29, 1.82) is 0 Å². The van der Waals surface area contributed by atoms with Gasteiger partial charge in [0, 0.05) is 50.4 Å². The number of benzene rings is 1. The molecule has 0 aliphatic carbocycles. The minimum atomic E-state index is -0.402. The smallest absolute Gasteiger partial charge is 0.270 e. The van der Waals surface area contributed by atoms with Crippen molar-refractivity contribution in [3.05, 3.63) is 56.3 Å². The number of piperazine rings is 1. The molecule has 1 aliphatic heterocycles. The molecule has 2 aromatic rings. The molecular weight excluding hydrogens is 342 g/mol. The Morgan fingerprint density at radius 2 is 2.04 bits per heavy atom. The Bertz CT molecular complexity index is 755. The standard InChI is InChI=1S/C17H19N3O4S/c1-24-15-5-4-14(20(22)23)11-13(15)12-18-6-8-19(9-7-18)17(21)16-3-2-10-25-16/h2-5,10-11H,6-9,12H2,1H3. The van der Waals surface area contributed by atoms with E-state index in [2.05, 4.69) is 4.90 Å². The largest absolute Gasteiger partial charge is 0.496 e. The third kappa shape index (κ3) is 3.97. The number of ether oxygens (including phenoxy) is 1. The Kier molecular flexibility index (Phi) is 5.30. The van der Waals surface area contributed by atoms with Crippen molar-refractivity contribution in [2.75, 3.05) is 33.3 Å². The molecule has 25 heavy (non-hydrogen) atoms. The van der Waals surface area contributed by atoms with Crippen LogP contribution in [0.2, 0.25) is 0 Å². The third-order valence-corrected chi connectivity index (χ3v) is 5.12. The number of amides is 1. The van der Waals surface area contributed by atoms with Gasteiger partial charge in [-0.2, -0.15) is 0 Å². The number of carbonyl (C=O) groups is 1. The van der Waals surface area contributed by atoms with Crippen LogP contribution in [0.3, 0.4) is 0 Å². The highest BCUT2D eigenvalue weighted by atomic mass is 32.1. The molecule has 8 heteroatoms. The van der Waals surface area contributed by atoms with Crippen molar-refractivity contribution in [2.24, 2.45) is 0 Å². The van der Waals surface area contributed by atoms with Crippen LogP contribution in [-0.2, 0) is 6.54 Å². The number of thiophene rings is 1. The molecular formula is C17H19N3O4S. The number of hydrogen-bond acceptors (Lipinski definition) is 6. The van der Waals surface area contributed by atoms with Crippen molar-refractivity contribution < 1.29 is 14.5 Å². The maximum atomic E-state index is 12.4. The molecule has 1 aliphatic rings. The summed E-state index contributed by atoms with van der Waals surface area (Å²) in [5, 5.41) is 12.9. The highest BCUT2D eigenvalue weighted by Gasteiger charge is 2.23. The molecule has 0 spiro atoms. The Labute approximate surface area is 149 Å². The van der Waals surface area contributed by atoms with Crippen molar-refractivity contribution in [1.82, 2.24) is 9.80 Å². The van der Waals surface area contributed by atoms with E-state index in [4.69, 9.17) is 4.74 Å². The second-order valence-electron chi connectivity index (χ2n) is 5.80. The van der Waals surface area contributed by atoms with Crippen LogP contribution >= 0.6 is 11.3 Å². The Morgan fingerprint density at radius 3 is 2.64 bits per heavy atom. The fourth-order valence-electron chi connectivity index (χ4n) is 2.91. The highest BCUT2D eigenvalue weighted by molar-refractivity contribution is 7.12. The summed E-state index contributed by atoms with van der Waals surface area (Å²) in [6.45, 7) is 3.31. The number of non-ortho nitro benzene ring substituents is 1. The molecule has 1 aromatic heterocycles. The molecule has 1 fully saturated rings. The van der Waals surface area contributed by atoms with Gasteiger partial charge in [0.05, 0.1) is 16.9 Å². The first-order valence-corrected chi connectivity index (χ1v) is 8.83. The van der Waals surface area contributed by atoms with Gasteiger partial charge in [0.1, 0.15) is 5.75 Å². The van der Waals surface area contributed by atoms with Crippen molar-refractivity contribution in [3.63, 3.8) is 0 Å². The fourth-order valence-corrected chi connectivity index (χ4v) is 3.60. The second kappa shape index (κ2) is 7.62. The van der Waals surface area contributed by atoms with Gasteiger partial charge < -0.3 is 9.64 Å². The van der Waals surface area contributed by atoms with E-state index in [-0.39, 0.29) is 11.6 Å². The van der Waals surface area contributed by atoms with E-state index >= 15 is 0 Å². The highest BCUT2D eigenvalue weighted by Crippen LogP contribution is 2.26. The molecule has 2 heterocycles. The number of hydrogen-bond donors (Lipinski definition) is 0. The van der Waals surface area contributed by atoms with Gasteiger partial charge in [-0.05, 0) is 17.5 Å². The van der Waals surface area contributed by atoms with Gasteiger partial charge in [-0.1, -0.05) is 6.07 Å². The molecule has 1 aromatic carbocycles. The lowest BCUT2D eigenvalue weighted by Gasteiger charge is -2.34. The summed E-state index contributed by atoms with van der Waals surface area (Å²) in [6.07, 6.45) is 0. The first-order chi connectivity index (χ1) is 12.1. The maximum Gasteiger partial charge on any atom is 0.270 e. The summed E-state index contributed by atoms with van der Waals surface area (Å²) < 4.78 is 5.32. The molecule has 1 saturated heterocycles. The lowest BCUT2D eigenvalue weighted by Crippen LogP contribution is -2.48. The molecule has 0 radical (unpaired) electrons. The van der Waals surface area contributed by atoms with Crippen LogP contribution in [0.25, 0.3) is 0 Å². The summed E-state index contributed by atoms with van der Waals surface area (Å²) >= 11 is 1.45. The van der Waals surface area contributed by atoms with Gasteiger partial charge in [-0.3, -0.25) is 19.8 Å². The van der Waals surface area contributed by atoms with Crippen LogP contribution in [0, 0.1) is 10.1 Å². The number of nitro benzene ring substituents is 1. The van der Waals surface area contributed by atoms with Crippen molar-refractivity contribution >= 4 is 22.9 Å². The molecule has 1 amide bonds. The molecule has 0 unspecified atom stereocenters. The van der Waals surface area contributed by atoms with Crippen molar-refractivity contribution in [3.8, 4) is 5.75 Å². The summed E-state index contributed by atoms with van der Waals surface area (Å²) in [7, 11) is 1.56.